The molecule has 3 aromatic rings. The van der Waals surface area contributed by atoms with Crippen molar-refractivity contribution in [1.82, 2.24) is 19.8 Å². The topological polar surface area (TPSA) is 52.2 Å². The fourth-order valence-corrected chi connectivity index (χ4v) is 3.50. The number of rotatable bonds is 4. The molecule has 0 aliphatic carbocycles. The second-order valence-corrected chi connectivity index (χ2v) is 7.14. The lowest BCUT2D eigenvalue weighted by Gasteiger charge is -2.34. The van der Waals surface area contributed by atoms with Crippen molar-refractivity contribution in [1.29, 1.82) is 0 Å². The number of nitrogens with one attached hydrogen (secondary N) is 1. The van der Waals surface area contributed by atoms with E-state index in [1.54, 1.807) is 6.07 Å². The third-order valence-corrected chi connectivity index (χ3v) is 5.07. The van der Waals surface area contributed by atoms with Gasteiger partial charge in [0.1, 0.15) is 5.82 Å². The molecule has 2 aromatic carbocycles. The van der Waals surface area contributed by atoms with E-state index in [1.165, 1.54) is 5.56 Å². The molecule has 134 valence electrons. The van der Waals surface area contributed by atoms with Crippen LogP contribution in [-0.2, 0) is 13.1 Å². The van der Waals surface area contributed by atoms with Crippen LogP contribution in [0.15, 0.2) is 53.3 Å². The highest BCUT2D eigenvalue weighted by Gasteiger charge is 2.18. The molecule has 0 saturated carbocycles. The molecule has 6 heteroatoms. The predicted octanol–water partition coefficient (Wildman–Crippen LogP) is 2.89. The van der Waals surface area contributed by atoms with Crippen molar-refractivity contribution in [3.05, 3.63) is 75.3 Å². The summed E-state index contributed by atoms with van der Waals surface area (Å²) >= 11 is 5.95. The molecular weight excluding hydrogens is 348 g/mol. The first-order valence-electron chi connectivity index (χ1n) is 8.84. The van der Waals surface area contributed by atoms with Crippen LogP contribution in [0.5, 0.6) is 0 Å². The predicted molar refractivity (Wildman–Crippen MR) is 104 cm³/mol. The van der Waals surface area contributed by atoms with Gasteiger partial charge in [0.25, 0.3) is 5.56 Å². The van der Waals surface area contributed by atoms with Crippen molar-refractivity contribution in [2.45, 2.75) is 13.1 Å². The molecule has 5 nitrogen and oxygen atoms in total. The van der Waals surface area contributed by atoms with Gasteiger partial charge in [0, 0.05) is 37.7 Å². The molecule has 1 aliphatic heterocycles. The molecule has 1 aromatic heterocycles. The van der Waals surface area contributed by atoms with Crippen molar-refractivity contribution in [2.24, 2.45) is 0 Å². The fraction of sp³-hybridized carbons (Fsp3) is 0.300. The maximum atomic E-state index is 12.2. The van der Waals surface area contributed by atoms with E-state index in [2.05, 4.69) is 31.9 Å². The van der Waals surface area contributed by atoms with Crippen LogP contribution in [-0.4, -0.2) is 45.9 Å². The largest absolute Gasteiger partial charge is 0.309 e. The number of hydrogen-bond donors (Lipinski definition) is 1. The van der Waals surface area contributed by atoms with E-state index in [1.807, 2.05) is 30.3 Å². The van der Waals surface area contributed by atoms with Gasteiger partial charge in [-0.05, 0) is 29.8 Å². The number of piperazine rings is 1. The van der Waals surface area contributed by atoms with Crippen LogP contribution in [0.25, 0.3) is 10.9 Å². The van der Waals surface area contributed by atoms with E-state index in [0.29, 0.717) is 11.9 Å². The Balaban J connectivity index is 1.36. The number of benzene rings is 2. The third-order valence-electron chi connectivity index (χ3n) is 4.82. The van der Waals surface area contributed by atoms with Gasteiger partial charge in [0.05, 0.1) is 17.4 Å². The number of nitrogens with zero attached hydrogens (tertiary/aromatic N) is 3. The van der Waals surface area contributed by atoms with Gasteiger partial charge in [-0.1, -0.05) is 35.9 Å². The number of fused-ring (bicyclic) bond motifs is 1. The molecule has 0 bridgehead atoms. The van der Waals surface area contributed by atoms with Gasteiger partial charge >= 0.3 is 0 Å². The molecule has 0 amide bonds. The average molecular weight is 369 g/mol. The second kappa shape index (κ2) is 7.58. The molecule has 1 N–H and O–H groups in total. The molecule has 0 atom stereocenters. The first-order chi connectivity index (χ1) is 12.7. The van der Waals surface area contributed by atoms with E-state index in [4.69, 9.17) is 11.6 Å². The molecule has 0 radical (unpaired) electrons. The zero-order valence-electron chi connectivity index (χ0n) is 14.5. The highest BCUT2D eigenvalue weighted by Crippen LogP contribution is 2.14. The normalized spacial score (nSPS) is 16.2. The van der Waals surface area contributed by atoms with Crippen LogP contribution >= 0.6 is 11.6 Å². The van der Waals surface area contributed by atoms with Gasteiger partial charge in [-0.3, -0.25) is 14.6 Å². The van der Waals surface area contributed by atoms with Gasteiger partial charge in [0.15, 0.2) is 0 Å². The van der Waals surface area contributed by atoms with Crippen molar-refractivity contribution < 1.29 is 0 Å². The Bertz CT molecular complexity index is 946. The Hall–Kier alpha value is -2.21. The van der Waals surface area contributed by atoms with E-state index in [-0.39, 0.29) is 5.56 Å². The molecule has 1 fully saturated rings. The van der Waals surface area contributed by atoms with E-state index < -0.39 is 0 Å². The quantitative estimate of drug-likeness (QED) is 0.769. The Kier molecular flexibility index (Phi) is 5.02. The van der Waals surface area contributed by atoms with Gasteiger partial charge in [0.2, 0.25) is 0 Å². The minimum absolute atomic E-state index is 0.0630. The van der Waals surface area contributed by atoms with Gasteiger partial charge < -0.3 is 4.98 Å². The van der Waals surface area contributed by atoms with Crippen LogP contribution in [0.4, 0.5) is 0 Å². The van der Waals surface area contributed by atoms with Gasteiger partial charge in [-0.2, -0.15) is 0 Å². The van der Waals surface area contributed by atoms with Crippen LogP contribution in [0.3, 0.4) is 0 Å². The lowest BCUT2D eigenvalue weighted by atomic mass is 10.2. The Morgan fingerprint density at radius 2 is 1.58 bits per heavy atom. The first-order valence-corrected chi connectivity index (χ1v) is 9.22. The monoisotopic (exact) mass is 368 g/mol. The minimum Gasteiger partial charge on any atom is -0.309 e. The van der Waals surface area contributed by atoms with Crippen LogP contribution < -0.4 is 5.56 Å². The highest BCUT2D eigenvalue weighted by molar-refractivity contribution is 6.30. The number of aromatic amines is 1. The summed E-state index contributed by atoms with van der Waals surface area (Å²) < 4.78 is 0. The molecule has 1 aliphatic rings. The van der Waals surface area contributed by atoms with Crippen molar-refractivity contribution in [3.63, 3.8) is 0 Å². The van der Waals surface area contributed by atoms with Crippen molar-refractivity contribution in [2.75, 3.05) is 26.2 Å². The zero-order chi connectivity index (χ0) is 17.9. The molecular formula is C20H21ClN4O. The number of halogens is 1. The fourth-order valence-electron chi connectivity index (χ4n) is 3.38. The number of para-hydroxylation sites is 1. The molecule has 4 rings (SSSR count). The summed E-state index contributed by atoms with van der Waals surface area (Å²) in [5, 5.41) is 1.42. The SMILES string of the molecule is O=c1[nH]c(CN2CCN(Cc3ccc(Cl)cc3)CC2)nc2ccccc12. The first kappa shape index (κ1) is 17.2. The molecule has 2 heterocycles. The van der Waals surface area contributed by atoms with Crippen LogP contribution in [0.2, 0.25) is 5.02 Å². The van der Waals surface area contributed by atoms with E-state index in [9.17, 15) is 4.79 Å². The van der Waals surface area contributed by atoms with Crippen molar-refractivity contribution in [3.8, 4) is 0 Å². The summed E-state index contributed by atoms with van der Waals surface area (Å²) in [5.74, 6) is 0.736. The summed E-state index contributed by atoms with van der Waals surface area (Å²) in [6, 6.07) is 15.5. The maximum Gasteiger partial charge on any atom is 0.258 e. The highest BCUT2D eigenvalue weighted by atomic mass is 35.5. The Labute approximate surface area is 157 Å². The van der Waals surface area contributed by atoms with E-state index >= 15 is 0 Å². The average Bonchev–Trinajstić information content (AvgIpc) is 2.65. The molecule has 0 spiro atoms. The third kappa shape index (κ3) is 3.96. The van der Waals surface area contributed by atoms with Crippen LogP contribution in [0.1, 0.15) is 11.4 Å². The van der Waals surface area contributed by atoms with Crippen molar-refractivity contribution >= 4 is 22.5 Å². The molecule has 26 heavy (non-hydrogen) atoms. The number of H-pyrrole nitrogens is 1. The lowest BCUT2D eigenvalue weighted by molar-refractivity contribution is 0.120. The van der Waals surface area contributed by atoms with Gasteiger partial charge in [-0.15, -0.1) is 0 Å². The number of aromatic nitrogens is 2. The molecule has 1 saturated heterocycles. The summed E-state index contributed by atoms with van der Waals surface area (Å²) in [4.78, 5) is 24.5. The number of hydrogen-bond acceptors (Lipinski definition) is 4. The maximum absolute atomic E-state index is 12.2. The van der Waals surface area contributed by atoms with E-state index in [0.717, 1.165) is 49.1 Å². The Morgan fingerprint density at radius 1 is 0.923 bits per heavy atom. The standard InChI is InChI=1S/C20H21ClN4O/c21-16-7-5-15(6-8-16)13-24-9-11-25(12-10-24)14-19-22-18-4-2-1-3-17(18)20(26)23-19/h1-8H,9-14H2,(H,22,23,26). The summed E-state index contributed by atoms with van der Waals surface area (Å²) in [6.45, 7) is 5.54. The smallest absolute Gasteiger partial charge is 0.258 e. The van der Waals surface area contributed by atoms with Gasteiger partial charge in [-0.25, -0.2) is 4.98 Å². The Morgan fingerprint density at radius 3 is 2.31 bits per heavy atom. The second-order valence-electron chi connectivity index (χ2n) is 6.71. The molecule has 0 unspecified atom stereocenters. The zero-order valence-corrected chi connectivity index (χ0v) is 15.2. The summed E-state index contributed by atoms with van der Waals surface area (Å²) in [5.41, 5.74) is 1.97. The van der Waals surface area contributed by atoms with Crippen LogP contribution in [0, 0.1) is 0 Å². The summed E-state index contributed by atoms with van der Waals surface area (Å²) in [7, 11) is 0. The minimum atomic E-state index is -0.0630. The lowest BCUT2D eigenvalue weighted by Crippen LogP contribution is -2.45. The summed E-state index contributed by atoms with van der Waals surface area (Å²) in [6.07, 6.45) is 0.